The Bertz CT molecular complexity index is 490. The summed E-state index contributed by atoms with van der Waals surface area (Å²) in [7, 11) is 1.37. The molecule has 25 heavy (non-hydrogen) atoms. The lowest BCUT2D eigenvalue weighted by Gasteiger charge is -2.44. The number of esters is 3. The van der Waals surface area contributed by atoms with Crippen molar-refractivity contribution >= 4 is 17.9 Å². The van der Waals surface area contributed by atoms with Crippen molar-refractivity contribution in [3.63, 3.8) is 0 Å². The first-order valence-corrected chi connectivity index (χ1v) is 7.68. The maximum Gasteiger partial charge on any atom is 0.303 e. The third kappa shape index (κ3) is 6.45. The molecule has 1 aliphatic rings. The van der Waals surface area contributed by atoms with Crippen LogP contribution in [-0.2, 0) is 42.8 Å². The molecule has 1 aliphatic heterocycles. The molecule has 0 aromatic heterocycles. The maximum atomic E-state index is 11.4. The molecule has 0 aliphatic carbocycles. The van der Waals surface area contributed by atoms with Gasteiger partial charge in [0.1, 0.15) is 18.8 Å². The average molecular weight is 360 g/mol. The molecule has 1 rings (SSSR count). The highest BCUT2D eigenvalue weighted by atomic mass is 16.7. The first kappa shape index (κ1) is 21.1. The third-order valence-electron chi connectivity index (χ3n) is 3.30. The lowest BCUT2D eigenvalue weighted by atomic mass is 9.98. The van der Waals surface area contributed by atoms with E-state index in [9.17, 15) is 14.4 Å². The zero-order valence-electron chi connectivity index (χ0n) is 14.8. The fourth-order valence-electron chi connectivity index (χ4n) is 2.43. The first-order chi connectivity index (χ1) is 11.8. The van der Waals surface area contributed by atoms with E-state index < -0.39 is 48.6 Å². The highest BCUT2D eigenvalue weighted by Crippen LogP contribution is 2.29. The number of carbonyl (C=O) groups is 3. The topological polar surface area (TPSA) is 107 Å². The first-order valence-electron chi connectivity index (χ1n) is 7.68. The summed E-state index contributed by atoms with van der Waals surface area (Å²) in [5, 5.41) is 0. The summed E-state index contributed by atoms with van der Waals surface area (Å²) in [6.45, 7) is 7.17. The van der Waals surface area contributed by atoms with Crippen LogP contribution in [0.4, 0.5) is 0 Å². The molecule has 0 radical (unpaired) electrons. The minimum Gasteiger partial charge on any atom is -0.463 e. The molecule has 0 saturated carbocycles. The smallest absolute Gasteiger partial charge is 0.303 e. The highest BCUT2D eigenvalue weighted by molar-refractivity contribution is 5.67. The van der Waals surface area contributed by atoms with Crippen molar-refractivity contribution in [3.05, 3.63) is 12.7 Å². The Kier molecular flexibility index (Phi) is 8.53. The molecular formula is C16H24O9. The molecule has 5 atom stereocenters. The Morgan fingerprint density at radius 1 is 1.00 bits per heavy atom. The number of ether oxygens (including phenoxy) is 6. The molecule has 0 aromatic carbocycles. The van der Waals surface area contributed by atoms with Crippen molar-refractivity contribution in [2.24, 2.45) is 0 Å². The van der Waals surface area contributed by atoms with Gasteiger partial charge in [-0.25, -0.2) is 0 Å². The molecule has 0 spiro atoms. The van der Waals surface area contributed by atoms with E-state index in [1.54, 1.807) is 0 Å². The number of methoxy groups -OCH3 is 1. The van der Waals surface area contributed by atoms with Gasteiger partial charge in [0.2, 0.25) is 0 Å². The van der Waals surface area contributed by atoms with Gasteiger partial charge in [0, 0.05) is 27.9 Å². The van der Waals surface area contributed by atoms with Crippen molar-refractivity contribution in [1.29, 1.82) is 0 Å². The summed E-state index contributed by atoms with van der Waals surface area (Å²) in [4.78, 5) is 34.0. The number of hydrogen-bond acceptors (Lipinski definition) is 9. The molecular weight excluding hydrogens is 336 g/mol. The Labute approximate surface area is 146 Å². The largest absolute Gasteiger partial charge is 0.463 e. The molecule has 1 heterocycles. The van der Waals surface area contributed by atoms with Crippen molar-refractivity contribution < 1.29 is 42.8 Å². The van der Waals surface area contributed by atoms with E-state index in [1.807, 2.05) is 0 Å². The zero-order valence-corrected chi connectivity index (χ0v) is 14.8. The van der Waals surface area contributed by atoms with Gasteiger partial charge in [-0.2, -0.15) is 0 Å². The quantitative estimate of drug-likeness (QED) is 0.344. The van der Waals surface area contributed by atoms with Gasteiger partial charge >= 0.3 is 17.9 Å². The van der Waals surface area contributed by atoms with Crippen LogP contribution in [0.3, 0.4) is 0 Å². The van der Waals surface area contributed by atoms with Crippen LogP contribution in [0.25, 0.3) is 0 Å². The van der Waals surface area contributed by atoms with E-state index in [2.05, 4.69) is 6.58 Å². The fourth-order valence-corrected chi connectivity index (χ4v) is 2.43. The summed E-state index contributed by atoms with van der Waals surface area (Å²) in [5.41, 5.74) is 0. The standard InChI is InChI=1S/C16H24O9/c1-6-7-21-16-15(24-11(4)19)14(20-5)13(23-10(3)18)12(25-16)8-22-9(2)17/h6,12-16H,1,7-8H2,2-5H3/t12-,13-,14+,15-,16-/m1/s1. The second-order valence-electron chi connectivity index (χ2n) is 5.32. The van der Waals surface area contributed by atoms with Crippen molar-refractivity contribution in [3.8, 4) is 0 Å². The van der Waals surface area contributed by atoms with E-state index in [0.717, 1.165) is 0 Å². The summed E-state index contributed by atoms with van der Waals surface area (Å²) in [6.07, 6.45) is -3.21. The van der Waals surface area contributed by atoms with Gasteiger partial charge in [0.05, 0.1) is 6.61 Å². The van der Waals surface area contributed by atoms with Gasteiger partial charge in [-0.15, -0.1) is 6.58 Å². The van der Waals surface area contributed by atoms with Crippen molar-refractivity contribution in [2.45, 2.75) is 51.5 Å². The second-order valence-corrected chi connectivity index (χ2v) is 5.32. The molecule has 0 unspecified atom stereocenters. The molecule has 0 aromatic rings. The summed E-state index contributed by atoms with van der Waals surface area (Å²) >= 11 is 0. The van der Waals surface area contributed by atoms with Crippen LogP contribution in [0.1, 0.15) is 20.8 Å². The normalized spacial score (nSPS) is 28.7. The predicted molar refractivity (Wildman–Crippen MR) is 83.3 cm³/mol. The Hall–Kier alpha value is -1.97. The summed E-state index contributed by atoms with van der Waals surface area (Å²) in [5.74, 6) is -1.69. The molecule has 9 heteroatoms. The Morgan fingerprint density at radius 3 is 2.08 bits per heavy atom. The summed E-state index contributed by atoms with van der Waals surface area (Å²) < 4.78 is 32.1. The third-order valence-corrected chi connectivity index (χ3v) is 3.30. The van der Waals surface area contributed by atoms with E-state index in [0.29, 0.717) is 0 Å². The number of carbonyl (C=O) groups excluding carboxylic acids is 3. The zero-order chi connectivity index (χ0) is 19.0. The van der Waals surface area contributed by atoms with Crippen LogP contribution in [0.5, 0.6) is 0 Å². The monoisotopic (exact) mass is 360 g/mol. The summed E-state index contributed by atoms with van der Waals surface area (Å²) in [6, 6.07) is 0. The van der Waals surface area contributed by atoms with Crippen LogP contribution < -0.4 is 0 Å². The molecule has 1 saturated heterocycles. The van der Waals surface area contributed by atoms with E-state index in [1.165, 1.54) is 34.0 Å². The van der Waals surface area contributed by atoms with Crippen LogP contribution in [0.2, 0.25) is 0 Å². The van der Waals surface area contributed by atoms with Gasteiger partial charge in [0.15, 0.2) is 18.5 Å². The van der Waals surface area contributed by atoms with Gasteiger partial charge in [-0.1, -0.05) is 6.08 Å². The van der Waals surface area contributed by atoms with E-state index >= 15 is 0 Å². The number of rotatable bonds is 8. The average Bonchev–Trinajstić information content (AvgIpc) is 2.52. The Balaban J connectivity index is 3.10. The van der Waals surface area contributed by atoms with E-state index in [-0.39, 0.29) is 13.2 Å². The molecule has 0 amide bonds. The SMILES string of the molecule is C=CCO[C@@H]1O[C@H](COC(C)=O)[C@@H](OC(C)=O)[C@H](OC)[C@H]1OC(C)=O. The molecule has 142 valence electrons. The van der Waals surface area contributed by atoms with Crippen LogP contribution in [0.15, 0.2) is 12.7 Å². The van der Waals surface area contributed by atoms with Crippen LogP contribution >= 0.6 is 0 Å². The van der Waals surface area contributed by atoms with Gasteiger partial charge in [0.25, 0.3) is 0 Å². The molecule has 0 bridgehead atoms. The van der Waals surface area contributed by atoms with Crippen LogP contribution in [0, 0.1) is 0 Å². The highest BCUT2D eigenvalue weighted by Gasteiger charge is 2.51. The van der Waals surface area contributed by atoms with E-state index in [4.69, 9.17) is 28.4 Å². The molecule has 1 fully saturated rings. The minimum absolute atomic E-state index is 0.122. The molecule has 9 nitrogen and oxygen atoms in total. The van der Waals surface area contributed by atoms with Crippen molar-refractivity contribution in [2.75, 3.05) is 20.3 Å². The molecule has 0 N–H and O–H groups in total. The van der Waals surface area contributed by atoms with Gasteiger partial charge in [-0.05, 0) is 0 Å². The lowest BCUT2D eigenvalue weighted by molar-refractivity contribution is -0.307. The van der Waals surface area contributed by atoms with Crippen molar-refractivity contribution in [1.82, 2.24) is 0 Å². The Morgan fingerprint density at radius 2 is 1.60 bits per heavy atom. The lowest BCUT2D eigenvalue weighted by Crippen LogP contribution is -2.62. The maximum absolute atomic E-state index is 11.4. The minimum atomic E-state index is -1.01. The van der Waals surface area contributed by atoms with Gasteiger partial charge in [-0.3, -0.25) is 14.4 Å². The second kappa shape index (κ2) is 10.1. The van der Waals surface area contributed by atoms with Crippen LogP contribution in [-0.4, -0.2) is 68.9 Å². The van der Waals surface area contributed by atoms with Gasteiger partial charge < -0.3 is 28.4 Å². The fraction of sp³-hybridized carbons (Fsp3) is 0.688. The predicted octanol–water partition coefficient (Wildman–Crippen LogP) is 0.355. The number of hydrogen-bond donors (Lipinski definition) is 0.